The number of fused-ring (bicyclic) bond motifs is 1. The summed E-state index contributed by atoms with van der Waals surface area (Å²) in [5.74, 6) is 0.497. The molecule has 4 heteroatoms. The zero-order valence-corrected chi connectivity index (χ0v) is 9.88. The van der Waals surface area contributed by atoms with Gasteiger partial charge in [-0.15, -0.1) is 0 Å². The summed E-state index contributed by atoms with van der Waals surface area (Å²) in [6.07, 6.45) is 1.89. The van der Waals surface area contributed by atoms with E-state index in [0.717, 1.165) is 15.4 Å². The minimum absolute atomic E-state index is 0.303. The lowest BCUT2D eigenvalue weighted by atomic mass is 10.2. The lowest BCUT2D eigenvalue weighted by molar-refractivity contribution is -0.104. The maximum atomic E-state index is 10.2. The van der Waals surface area contributed by atoms with Gasteiger partial charge >= 0.3 is 0 Å². The quantitative estimate of drug-likeness (QED) is 0.617. The molecule has 0 saturated carbocycles. The molecule has 0 N–H and O–H groups in total. The zero-order chi connectivity index (χ0) is 10.8. The third kappa shape index (κ3) is 2.13. The average Bonchev–Trinajstić information content (AvgIpc) is 2.60. The summed E-state index contributed by atoms with van der Waals surface area (Å²) < 4.78 is 6.43. The molecule has 2 aromatic rings. The third-order valence-corrected chi connectivity index (χ3v) is 2.73. The number of hydrogen-bond donors (Lipinski definition) is 0. The summed E-state index contributed by atoms with van der Waals surface area (Å²) in [5, 5.41) is 1.24. The number of aldehydes is 1. The Balaban J connectivity index is 2.56. The molecule has 0 atom stereocenters. The van der Waals surface area contributed by atoms with Gasteiger partial charge in [-0.3, -0.25) is 4.79 Å². The first kappa shape index (κ1) is 10.5. The summed E-state index contributed by atoms with van der Waals surface area (Å²) >= 11 is 9.21. The molecule has 0 aliphatic carbocycles. The smallest absolute Gasteiger partial charge is 0.146 e. The number of allylic oxidation sites excluding steroid dienone is 1. The molecule has 0 unspecified atom stereocenters. The maximum Gasteiger partial charge on any atom is 0.146 e. The van der Waals surface area contributed by atoms with E-state index in [9.17, 15) is 4.79 Å². The molecule has 0 aliphatic rings. The van der Waals surface area contributed by atoms with E-state index >= 15 is 0 Å². The van der Waals surface area contributed by atoms with Gasteiger partial charge in [-0.2, -0.15) is 0 Å². The summed E-state index contributed by atoms with van der Waals surface area (Å²) in [7, 11) is 0. The molecule has 15 heavy (non-hydrogen) atoms. The average molecular weight is 286 g/mol. The van der Waals surface area contributed by atoms with Gasteiger partial charge in [0.1, 0.15) is 17.6 Å². The minimum atomic E-state index is 0.303. The standard InChI is InChI=1S/C11H6BrClO2/c12-8-1-2-10-7(5-8)6-11(15-10)9(13)3-4-14/h1-6H/b9-3-. The summed E-state index contributed by atoms with van der Waals surface area (Å²) in [6.45, 7) is 0. The molecule has 0 saturated heterocycles. The number of hydrogen-bond acceptors (Lipinski definition) is 2. The van der Waals surface area contributed by atoms with Crippen molar-refractivity contribution in [3.8, 4) is 0 Å². The molecule has 0 amide bonds. The molecule has 0 radical (unpaired) electrons. The Kier molecular flexibility index (Phi) is 2.93. The van der Waals surface area contributed by atoms with Crippen LogP contribution in [0.4, 0.5) is 0 Å². The monoisotopic (exact) mass is 284 g/mol. The number of furan rings is 1. The molecule has 1 heterocycles. The van der Waals surface area contributed by atoms with Crippen LogP contribution < -0.4 is 0 Å². The SMILES string of the molecule is O=C/C=C(\Cl)c1cc2cc(Br)ccc2o1. The molecule has 0 bridgehead atoms. The summed E-state index contributed by atoms with van der Waals surface area (Å²) in [4.78, 5) is 10.2. The summed E-state index contributed by atoms with van der Waals surface area (Å²) in [5.41, 5.74) is 0.741. The van der Waals surface area contributed by atoms with Crippen molar-refractivity contribution in [2.24, 2.45) is 0 Å². The Bertz CT molecular complexity index is 543. The van der Waals surface area contributed by atoms with Crippen LogP contribution in [0, 0.1) is 0 Å². The predicted octanol–water partition coefficient (Wildman–Crippen LogP) is 3.97. The zero-order valence-electron chi connectivity index (χ0n) is 7.54. The number of halogens is 2. The van der Waals surface area contributed by atoms with E-state index in [1.54, 1.807) is 6.07 Å². The lowest BCUT2D eigenvalue weighted by Crippen LogP contribution is -1.70. The van der Waals surface area contributed by atoms with E-state index < -0.39 is 0 Å². The molecule has 2 rings (SSSR count). The molecule has 76 valence electrons. The van der Waals surface area contributed by atoms with Crippen LogP contribution in [0.3, 0.4) is 0 Å². The second kappa shape index (κ2) is 4.21. The molecule has 0 fully saturated rings. The predicted molar refractivity (Wildman–Crippen MR) is 63.8 cm³/mol. The van der Waals surface area contributed by atoms with Crippen LogP contribution in [-0.2, 0) is 4.79 Å². The molecule has 1 aromatic carbocycles. The molecule has 0 spiro atoms. The van der Waals surface area contributed by atoms with Crippen LogP contribution in [0.5, 0.6) is 0 Å². The van der Waals surface area contributed by atoms with Crippen LogP contribution in [-0.4, -0.2) is 6.29 Å². The fourth-order valence-corrected chi connectivity index (χ4v) is 1.80. The third-order valence-electron chi connectivity index (χ3n) is 1.93. The second-order valence-corrected chi connectivity index (χ2v) is 4.27. The van der Waals surface area contributed by atoms with Crippen molar-refractivity contribution in [1.82, 2.24) is 0 Å². The van der Waals surface area contributed by atoms with Crippen LogP contribution in [0.25, 0.3) is 16.0 Å². The van der Waals surface area contributed by atoms with Crippen LogP contribution in [0.15, 0.2) is 39.2 Å². The Morgan fingerprint density at radius 1 is 1.40 bits per heavy atom. The van der Waals surface area contributed by atoms with Gasteiger partial charge in [0.05, 0.1) is 5.03 Å². The first-order valence-corrected chi connectivity index (χ1v) is 5.38. The normalized spacial score (nSPS) is 12.0. The highest BCUT2D eigenvalue weighted by atomic mass is 79.9. The molecular formula is C11H6BrClO2. The maximum absolute atomic E-state index is 10.2. The van der Waals surface area contributed by atoms with Gasteiger partial charge in [0.15, 0.2) is 0 Å². The Morgan fingerprint density at radius 2 is 2.20 bits per heavy atom. The first-order chi connectivity index (χ1) is 7.20. The van der Waals surface area contributed by atoms with Crippen LogP contribution >= 0.6 is 27.5 Å². The topological polar surface area (TPSA) is 30.2 Å². The van der Waals surface area contributed by atoms with E-state index in [0.29, 0.717) is 17.1 Å². The van der Waals surface area contributed by atoms with Crippen molar-refractivity contribution in [2.45, 2.75) is 0 Å². The lowest BCUT2D eigenvalue weighted by Gasteiger charge is -1.89. The van der Waals surface area contributed by atoms with Gasteiger partial charge in [-0.05, 0) is 24.3 Å². The highest BCUT2D eigenvalue weighted by Gasteiger charge is 2.06. The fraction of sp³-hybridized carbons (Fsp3) is 0. The van der Waals surface area contributed by atoms with Gasteiger partial charge < -0.3 is 4.42 Å². The van der Waals surface area contributed by atoms with Gasteiger partial charge in [-0.25, -0.2) is 0 Å². The second-order valence-electron chi connectivity index (χ2n) is 2.94. The molecule has 2 nitrogen and oxygen atoms in total. The summed E-state index contributed by atoms with van der Waals surface area (Å²) in [6, 6.07) is 7.44. The largest absolute Gasteiger partial charge is 0.455 e. The van der Waals surface area contributed by atoms with Gasteiger partial charge in [0.2, 0.25) is 0 Å². The van der Waals surface area contributed by atoms with Gasteiger partial charge in [0, 0.05) is 15.9 Å². The van der Waals surface area contributed by atoms with Crippen molar-refractivity contribution >= 4 is 49.8 Å². The Labute approximate surface area is 99.6 Å². The Hall–Kier alpha value is -1.06. The highest BCUT2D eigenvalue weighted by molar-refractivity contribution is 9.10. The minimum Gasteiger partial charge on any atom is -0.455 e. The number of carbonyl (C=O) groups is 1. The van der Waals surface area contributed by atoms with E-state index in [1.165, 1.54) is 6.08 Å². The number of benzene rings is 1. The molecular weight excluding hydrogens is 279 g/mol. The Morgan fingerprint density at radius 3 is 2.93 bits per heavy atom. The number of carbonyl (C=O) groups excluding carboxylic acids is 1. The first-order valence-electron chi connectivity index (χ1n) is 4.21. The van der Waals surface area contributed by atoms with Crippen molar-refractivity contribution in [3.05, 3.63) is 40.6 Å². The number of rotatable bonds is 2. The van der Waals surface area contributed by atoms with Crippen molar-refractivity contribution in [1.29, 1.82) is 0 Å². The van der Waals surface area contributed by atoms with Gasteiger partial charge in [0.25, 0.3) is 0 Å². The van der Waals surface area contributed by atoms with E-state index in [4.69, 9.17) is 16.0 Å². The molecule has 1 aromatic heterocycles. The van der Waals surface area contributed by atoms with E-state index in [2.05, 4.69) is 15.9 Å². The van der Waals surface area contributed by atoms with Crippen LogP contribution in [0.1, 0.15) is 5.76 Å². The van der Waals surface area contributed by atoms with Gasteiger partial charge in [-0.1, -0.05) is 27.5 Å². The van der Waals surface area contributed by atoms with Crippen molar-refractivity contribution in [2.75, 3.05) is 0 Å². The van der Waals surface area contributed by atoms with Crippen molar-refractivity contribution < 1.29 is 9.21 Å². The van der Waals surface area contributed by atoms with Crippen LogP contribution in [0.2, 0.25) is 0 Å². The highest BCUT2D eigenvalue weighted by Crippen LogP contribution is 2.28. The van der Waals surface area contributed by atoms with E-state index in [-0.39, 0.29) is 0 Å². The van der Waals surface area contributed by atoms with E-state index in [1.807, 2.05) is 18.2 Å². The van der Waals surface area contributed by atoms with Crippen molar-refractivity contribution in [3.63, 3.8) is 0 Å². The molecule has 0 aliphatic heterocycles. The fourth-order valence-electron chi connectivity index (χ4n) is 1.27.